The standard InChI is InChI=1S/C12H15F2N/c1-15-8-7-12(13,14)9-11(15)10-5-3-2-4-6-10/h2-6,11H,7-9H2,1H3/t11-/m0/s1. The maximum atomic E-state index is 13.3. The summed E-state index contributed by atoms with van der Waals surface area (Å²) in [4.78, 5) is 2.01. The lowest BCUT2D eigenvalue weighted by Crippen LogP contribution is -2.39. The molecule has 0 spiro atoms. The van der Waals surface area contributed by atoms with Gasteiger partial charge in [0.2, 0.25) is 0 Å². The quantitative estimate of drug-likeness (QED) is 0.690. The van der Waals surface area contributed by atoms with Gasteiger partial charge in [0.05, 0.1) is 0 Å². The fourth-order valence-electron chi connectivity index (χ4n) is 2.08. The number of rotatable bonds is 1. The lowest BCUT2D eigenvalue weighted by molar-refractivity contribution is -0.0732. The molecule has 15 heavy (non-hydrogen) atoms. The van der Waals surface area contributed by atoms with E-state index in [9.17, 15) is 8.78 Å². The molecule has 1 fully saturated rings. The van der Waals surface area contributed by atoms with Crippen molar-refractivity contribution in [3.63, 3.8) is 0 Å². The van der Waals surface area contributed by atoms with Crippen molar-refractivity contribution in [2.24, 2.45) is 0 Å². The Morgan fingerprint density at radius 3 is 2.60 bits per heavy atom. The number of alkyl halides is 2. The monoisotopic (exact) mass is 211 g/mol. The summed E-state index contributed by atoms with van der Waals surface area (Å²) in [5.74, 6) is -2.51. The second-order valence-corrected chi connectivity index (χ2v) is 4.22. The highest BCUT2D eigenvalue weighted by Crippen LogP contribution is 2.38. The van der Waals surface area contributed by atoms with Crippen LogP contribution in [0.2, 0.25) is 0 Å². The van der Waals surface area contributed by atoms with Gasteiger partial charge in [-0.15, -0.1) is 0 Å². The fourth-order valence-corrected chi connectivity index (χ4v) is 2.08. The van der Waals surface area contributed by atoms with Gasteiger partial charge < -0.3 is 0 Å². The van der Waals surface area contributed by atoms with Crippen LogP contribution >= 0.6 is 0 Å². The second kappa shape index (κ2) is 3.89. The van der Waals surface area contributed by atoms with Crippen molar-refractivity contribution in [1.29, 1.82) is 0 Å². The summed E-state index contributed by atoms with van der Waals surface area (Å²) < 4.78 is 26.6. The van der Waals surface area contributed by atoms with E-state index in [1.165, 1.54) is 0 Å². The van der Waals surface area contributed by atoms with Crippen LogP contribution in [-0.4, -0.2) is 24.4 Å². The van der Waals surface area contributed by atoms with Crippen molar-refractivity contribution < 1.29 is 8.78 Å². The van der Waals surface area contributed by atoms with Crippen LogP contribution in [-0.2, 0) is 0 Å². The van der Waals surface area contributed by atoms with Crippen LogP contribution in [0.25, 0.3) is 0 Å². The van der Waals surface area contributed by atoms with Gasteiger partial charge in [0.15, 0.2) is 0 Å². The van der Waals surface area contributed by atoms with Crippen LogP contribution in [0.15, 0.2) is 30.3 Å². The number of nitrogens with zero attached hydrogens (tertiary/aromatic N) is 1. The van der Waals surface area contributed by atoms with Crippen LogP contribution in [0.3, 0.4) is 0 Å². The highest BCUT2D eigenvalue weighted by molar-refractivity contribution is 5.20. The zero-order valence-corrected chi connectivity index (χ0v) is 8.79. The van der Waals surface area contributed by atoms with Crippen molar-refractivity contribution >= 4 is 0 Å². The van der Waals surface area contributed by atoms with E-state index >= 15 is 0 Å². The summed E-state index contributed by atoms with van der Waals surface area (Å²) >= 11 is 0. The molecule has 0 bridgehead atoms. The predicted octanol–water partition coefficient (Wildman–Crippen LogP) is 3.09. The molecule has 0 radical (unpaired) electrons. The largest absolute Gasteiger partial charge is 0.299 e. The number of hydrogen-bond acceptors (Lipinski definition) is 1. The van der Waals surface area contributed by atoms with E-state index < -0.39 is 5.92 Å². The number of halogens is 2. The summed E-state index contributed by atoms with van der Waals surface area (Å²) in [6, 6.07) is 9.40. The Labute approximate surface area is 88.7 Å². The van der Waals surface area contributed by atoms with Gasteiger partial charge in [0.1, 0.15) is 0 Å². The SMILES string of the molecule is CN1CCC(F)(F)C[C@H]1c1ccccc1. The van der Waals surface area contributed by atoms with E-state index in [2.05, 4.69) is 0 Å². The van der Waals surface area contributed by atoms with Gasteiger partial charge in [-0.2, -0.15) is 0 Å². The topological polar surface area (TPSA) is 3.24 Å². The molecule has 1 aromatic rings. The number of piperidine rings is 1. The van der Waals surface area contributed by atoms with E-state index in [-0.39, 0.29) is 18.9 Å². The minimum atomic E-state index is -2.51. The fraction of sp³-hybridized carbons (Fsp3) is 0.500. The Morgan fingerprint density at radius 1 is 1.27 bits per heavy atom. The molecule has 1 aliphatic rings. The Balaban J connectivity index is 2.20. The molecule has 2 rings (SSSR count). The third-order valence-electron chi connectivity index (χ3n) is 3.04. The van der Waals surface area contributed by atoms with Crippen molar-refractivity contribution in [2.45, 2.75) is 24.8 Å². The van der Waals surface area contributed by atoms with Crippen molar-refractivity contribution in [2.75, 3.05) is 13.6 Å². The van der Waals surface area contributed by atoms with E-state index in [0.29, 0.717) is 6.54 Å². The van der Waals surface area contributed by atoms with Crippen molar-refractivity contribution in [3.05, 3.63) is 35.9 Å². The molecular formula is C12H15F2N. The maximum absolute atomic E-state index is 13.3. The predicted molar refractivity (Wildman–Crippen MR) is 56.0 cm³/mol. The van der Waals surface area contributed by atoms with Gasteiger partial charge in [0, 0.05) is 25.4 Å². The van der Waals surface area contributed by atoms with E-state index in [1.807, 2.05) is 42.3 Å². The lowest BCUT2D eigenvalue weighted by atomic mass is 9.93. The van der Waals surface area contributed by atoms with Crippen LogP contribution in [0, 0.1) is 0 Å². The van der Waals surface area contributed by atoms with E-state index in [4.69, 9.17) is 0 Å². The van der Waals surface area contributed by atoms with Gasteiger partial charge in [0.25, 0.3) is 5.92 Å². The normalized spacial score (nSPS) is 26.5. The van der Waals surface area contributed by atoms with Gasteiger partial charge in [-0.05, 0) is 12.6 Å². The number of likely N-dealkylation sites (tertiary alicyclic amines) is 1. The highest BCUT2D eigenvalue weighted by atomic mass is 19.3. The molecule has 1 aliphatic heterocycles. The molecule has 1 atom stereocenters. The average Bonchev–Trinajstić information content (AvgIpc) is 2.23. The van der Waals surface area contributed by atoms with Crippen molar-refractivity contribution in [1.82, 2.24) is 4.90 Å². The lowest BCUT2D eigenvalue weighted by Gasteiger charge is -2.37. The molecule has 3 heteroatoms. The zero-order chi connectivity index (χ0) is 10.9. The Hall–Kier alpha value is -0.960. The van der Waals surface area contributed by atoms with Gasteiger partial charge in [-0.1, -0.05) is 30.3 Å². The molecule has 0 amide bonds. The summed E-state index contributed by atoms with van der Waals surface area (Å²) in [7, 11) is 1.91. The van der Waals surface area contributed by atoms with E-state index in [1.54, 1.807) is 0 Å². The summed E-state index contributed by atoms with van der Waals surface area (Å²) in [6.45, 7) is 0.465. The first-order chi connectivity index (χ1) is 7.08. The minimum Gasteiger partial charge on any atom is -0.299 e. The zero-order valence-electron chi connectivity index (χ0n) is 8.79. The van der Waals surface area contributed by atoms with Crippen LogP contribution in [0.1, 0.15) is 24.4 Å². The third kappa shape index (κ3) is 2.34. The van der Waals surface area contributed by atoms with Crippen LogP contribution in [0.5, 0.6) is 0 Å². The van der Waals surface area contributed by atoms with Crippen LogP contribution < -0.4 is 0 Å². The molecule has 0 unspecified atom stereocenters. The van der Waals surface area contributed by atoms with Crippen LogP contribution in [0.4, 0.5) is 8.78 Å². The van der Waals surface area contributed by atoms with E-state index in [0.717, 1.165) is 5.56 Å². The molecule has 1 saturated heterocycles. The Bertz CT molecular complexity index is 324. The molecule has 1 aromatic carbocycles. The molecule has 0 aliphatic carbocycles. The molecule has 1 heterocycles. The van der Waals surface area contributed by atoms with Gasteiger partial charge in [-0.3, -0.25) is 4.90 Å². The molecule has 82 valence electrons. The molecular weight excluding hydrogens is 196 g/mol. The molecule has 0 saturated carbocycles. The first-order valence-corrected chi connectivity index (χ1v) is 5.21. The first-order valence-electron chi connectivity index (χ1n) is 5.21. The Morgan fingerprint density at radius 2 is 1.93 bits per heavy atom. The smallest absolute Gasteiger partial charge is 0.251 e. The average molecular weight is 211 g/mol. The van der Waals surface area contributed by atoms with Crippen molar-refractivity contribution in [3.8, 4) is 0 Å². The van der Waals surface area contributed by atoms with Gasteiger partial charge >= 0.3 is 0 Å². The third-order valence-corrected chi connectivity index (χ3v) is 3.04. The number of benzene rings is 1. The first kappa shape index (κ1) is 10.6. The minimum absolute atomic E-state index is 0.0210. The molecule has 0 N–H and O–H groups in total. The Kier molecular flexibility index (Phi) is 2.74. The number of hydrogen-bond donors (Lipinski definition) is 0. The summed E-state index contributed by atoms with van der Waals surface area (Å²) in [6.07, 6.45) is -0.0830. The van der Waals surface area contributed by atoms with Gasteiger partial charge in [-0.25, -0.2) is 8.78 Å². The maximum Gasteiger partial charge on any atom is 0.251 e. The summed E-state index contributed by atoms with van der Waals surface area (Å²) in [5, 5.41) is 0. The molecule has 1 nitrogen and oxygen atoms in total. The molecule has 0 aromatic heterocycles. The highest BCUT2D eigenvalue weighted by Gasteiger charge is 2.39. The summed E-state index contributed by atoms with van der Waals surface area (Å²) in [5.41, 5.74) is 0.986. The second-order valence-electron chi connectivity index (χ2n) is 4.22.